The number of aliphatic imine (C=N–C) groups is 1. The van der Waals surface area contributed by atoms with Crippen molar-refractivity contribution in [1.29, 1.82) is 10.7 Å². The van der Waals surface area contributed by atoms with Crippen molar-refractivity contribution >= 4 is 11.9 Å². The molecular formula is C9H19N7. The molecule has 0 rings (SSSR count). The number of nitriles is 1. The van der Waals surface area contributed by atoms with Crippen LogP contribution in [-0.4, -0.2) is 25.0 Å². The van der Waals surface area contributed by atoms with Gasteiger partial charge in [0.25, 0.3) is 0 Å². The quantitative estimate of drug-likeness (QED) is 0.130. The standard InChI is InChI=1S/C9H19N7/c10-7-16-9(13)15-6-4-2-1-3-5-14-8(11)12/h1-6H2,(H4,11,12,14)(H3,13,15,16). The fourth-order valence-corrected chi connectivity index (χ4v) is 1.11. The summed E-state index contributed by atoms with van der Waals surface area (Å²) in [6, 6.07) is 0. The Bertz CT molecular complexity index is 266. The van der Waals surface area contributed by atoms with E-state index in [0.29, 0.717) is 6.54 Å². The van der Waals surface area contributed by atoms with Gasteiger partial charge in [0.1, 0.15) is 0 Å². The first-order chi connectivity index (χ1) is 7.66. The van der Waals surface area contributed by atoms with E-state index in [-0.39, 0.29) is 11.9 Å². The van der Waals surface area contributed by atoms with Gasteiger partial charge in [-0.15, -0.1) is 0 Å². The molecule has 0 heterocycles. The van der Waals surface area contributed by atoms with Gasteiger partial charge in [-0.3, -0.25) is 15.7 Å². The molecule has 7 nitrogen and oxygen atoms in total. The Balaban J connectivity index is 3.25. The van der Waals surface area contributed by atoms with Gasteiger partial charge in [0.2, 0.25) is 5.96 Å². The number of unbranched alkanes of at least 4 members (excludes halogenated alkanes) is 3. The molecule has 0 bridgehead atoms. The molecule has 0 aliphatic rings. The first-order valence-corrected chi connectivity index (χ1v) is 5.19. The van der Waals surface area contributed by atoms with Crippen LogP contribution in [0.5, 0.6) is 0 Å². The van der Waals surface area contributed by atoms with E-state index < -0.39 is 0 Å². The van der Waals surface area contributed by atoms with Crippen molar-refractivity contribution in [2.24, 2.45) is 16.5 Å². The fraction of sp³-hybridized carbons (Fsp3) is 0.667. The van der Waals surface area contributed by atoms with Crippen molar-refractivity contribution in [2.45, 2.75) is 25.7 Å². The van der Waals surface area contributed by atoms with Crippen LogP contribution < -0.4 is 22.1 Å². The lowest BCUT2D eigenvalue weighted by atomic mass is 10.2. The highest BCUT2D eigenvalue weighted by Gasteiger charge is 1.92. The highest BCUT2D eigenvalue weighted by Crippen LogP contribution is 1.98. The average molecular weight is 225 g/mol. The molecule has 0 fully saturated rings. The van der Waals surface area contributed by atoms with Crippen LogP contribution >= 0.6 is 0 Å². The van der Waals surface area contributed by atoms with E-state index >= 15 is 0 Å². The molecule has 0 amide bonds. The number of rotatable bonds is 7. The molecule has 0 aromatic heterocycles. The zero-order valence-electron chi connectivity index (χ0n) is 9.29. The maximum Gasteiger partial charge on any atom is 0.202 e. The number of nitrogens with one attached hydrogen (secondary N) is 3. The Kier molecular flexibility index (Phi) is 8.40. The van der Waals surface area contributed by atoms with Gasteiger partial charge >= 0.3 is 0 Å². The van der Waals surface area contributed by atoms with Crippen LogP contribution in [0.25, 0.3) is 0 Å². The van der Waals surface area contributed by atoms with Crippen LogP contribution in [0, 0.1) is 16.9 Å². The van der Waals surface area contributed by atoms with E-state index in [1.54, 1.807) is 6.19 Å². The molecule has 16 heavy (non-hydrogen) atoms. The number of guanidine groups is 2. The van der Waals surface area contributed by atoms with Gasteiger partial charge in [-0.1, -0.05) is 12.8 Å². The summed E-state index contributed by atoms with van der Waals surface area (Å²) in [5.74, 6) is 0.181. The second kappa shape index (κ2) is 9.58. The third-order valence-electron chi connectivity index (χ3n) is 1.87. The second-order valence-corrected chi connectivity index (χ2v) is 3.26. The lowest BCUT2D eigenvalue weighted by molar-refractivity contribution is 0.635. The van der Waals surface area contributed by atoms with E-state index in [0.717, 1.165) is 32.2 Å². The molecule has 7 heteroatoms. The van der Waals surface area contributed by atoms with E-state index in [1.165, 1.54) is 0 Å². The summed E-state index contributed by atoms with van der Waals surface area (Å²) in [5.41, 5.74) is 10.5. The molecule has 7 N–H and O–H groups in total. The van der Waals surface area contributed by atoms with Gasteiger partial charge in [-0.05, 0) is 12.8 Å². The minimum atomic E-state index is 0.0138. The number of nitrogens with zero attached hydrogens (tertiary/aromatic N) is 2. The summed E-state index contributed by atoms with van der Waals surface area (Å²) in [6.45, 7) is 1.36. The van der Waals surface area contributed by atoms with E-state index in [4.69, 9.17) is 22.1 Å². The molecular weight excluding hydrogens is 206 g/mol. The minimum Gasteiger partial charge on any atom is -0.370 e. The second-order valence-electron chi connectivity index (χ2n) is 3.26. The number of hydrogen-bond donors (Lipinski definition) is 5. The summed E-state index contributed by atoms with van der Waals surface area (Å²) in [4.78, 5) is 3.95. The van der Waals surface area contributed by atoms with Crippen LogP contribution in [0.1, 0.15) is 25.7 Å². The third-order valence-corrected chi connectivity index (χ3v) is 1.87. The predicted molar refractivity (Wildman–Crippen MR) is 63.6 cm³/mol. The van der Waals surface area contributed by atoms with Gasteiger partial charge in [-0.25, -0.2) is 0 Å². The first kappa shape index (κ1) is 14.0. The Morgan fingerprint density at radius 2 is 1.94 bits per heavy atom. The third kappa shape index (κ3) is 10.1. The lowest BCUT2D eigenvalue weighted by Crippen LogP contribution is -2.30. The van der Waals surface area contributed by atoms with Crippen molar-refractivity contribution in [3.05, 3.63) is 0 Å². The molecule has 0 spiro atoms. The van der Waals surface area contributed by atoms with Gasteiger partial charge in [-0.2, -0.15) is 5.26 Å². The van der Waals surface area contributed by atoms with Gasteiger partial charge in [0.15, 0.2) is 12.2 Å². The van der Waals surface area contributed by atoms with Crippen molar-refractivity contribution in [3.8, 4) is 6.19 Å². The average Bonchev–Trinajstić information content (AvgIpc) is 2.22. The van der Waals surface area contributed by atoms with Crippen molar-refractivity contribution in [3.63, 3.8) is 0 Å². The summed E-state index contributed by atoms with van der Waals surface area (Å²) >= 11 is 0. The highest BCUT2D eigenvalue weighted by molar-refractivity contribution is 5.79. The van der Waals surface area contributed by atoms with Crippen LogP contribution in [0.3, 0.4) is 0 Å². The normalized spacial score (nSPS) is 10.6. The largest absolute Gasteiger partial charge is 0.370 e. The molecule has 0 saturated carbocycles. The molecule has 90 valence electrons. The summed E-state index contributed by atoms with van der Waals surface area (Å²) in [6.07, 6.45) is 5.72. The molecule has 0 aromatic carbocycles. The lowest BCUT2D eigenvalue weighted by Gasteiger charge is -2.02. The number of hydrogen-bond acceptors (Lipinski definition) is 3. The minimum absolute atomic E-state index is 0.0138. The van der Waals surface area contributed by atoms with E-state index in [9.17, 15) is 0 Å². The van der Waals surface area contributed by atoms with E-state index in [1.807, 2.05) is 0 Å². The smallest absolute Gasteiger partial charge is 0.202 e. The maximum atomic E-state index is 8.22. The molecule has 0 radical (unpaired) electrons. The topological polar surface area (TPSA) is 136 Å². The molecule has 0 aliphatic carbocycles. The van der Waals surface area contributed by atoms with E-state index in [2.05, 4.69) is 15.6 Å². The van der Waals surface area contributed by atoms with Gasteiger partial charge < -0.3 is 16.8 Å². The molecule has 0 atom stereocenters. The Morgan fingerprint density at radius 3 is 2.56 bits per heavy atom. The van der Waals surface area contributed by atoms with Crippen molar-refractivity contribution in [1.82, 2.24) is 10.6 Å². The number of nitrogens with two attached hydrogens (primary N) is 2. The Labute approximate surface area is 95.4 Å². The van der Waals surface area contributed by atoms with Crippen molar-refractivity contribution < 1.29 is 0 Å². The molecule has 0 aromatic rings. The van der Waals surface area contributed by atoms with Crippen LogP contribution in [0.4, 0.5) is 0 Å². The molecule has 0 aliphatic heterocycles. The molecule has 0 unspecified atom stereocenters. The SMILES string of the molecule is N#CNC(N)=NCCCCCCNC(=N)N. The highest BCUT2D eigenvalue weighted by atomic mass is 15.1. The maximum absolute atomic E-state index is 8.22. The Hall–Kier alpha value is -1.97. The van der Waals surface area contributed by atoms with Crippen LogP contribution in [0.2, 0.25) is 0 Å². The van der Waals surface area contributed by atoms with Crippen LogP contribution in [-0.2, 0) is 0 Å². The predicted octanol–water partition coefficient (Wildman–Crippen LogP) is -0.585. The summed E-state index contributed by atoms with van der Waals surface area (Å²) < 4.78 is 0. The van der Waals surface area contributed by atoms with Gasteiger partial charge in [0.05, 0.1) is 0 Å². The van der Waals surface area contributed by atoms with Crippen LogP contribution in [0.15, 0.2) is 4.99 Å². The first-order valence-electron chi connectivity index (χ1n) is 5.19. The van der Waals surface area contributed by atoms with Gasteiger partial charge in [0, 0.05) is 13.1 Å². The van der Waals surface area contributed by atoms with Crippen molar-refractivity contribution in [2.75, 3.05) is 13.1 Å². The zero-order valence-corrected chi connectivity index (χ0v) is 9.29. The summed E-state index contributed by atoms with van der Waals surface area (Å²) in [7, 11) is 0. The Morgan fingerprint density at radius 1 is 1.25 bits per heavy atom. The zero-order chi connectivity index (χ0) is 12.2. The fourth-order valence-electron chi connectivity index (χ4n) is 1.11. The summed E-state index contributed by atoms with van der Waals surface area (Å²) in [5, 5.41) is 20.1. The monoisotopic (exact) mass is 225 g/mol. The molecule has 0 saturated heterocycles.